The van der Waals surface area contributed by atoms with Gasteiger partial charge in [-0.3, -0.25) is 5.32 Å². The summed E-state index contributed by atoms with van der Waals surface area (Å²) in [6, 6.07) is 15.8. The third kappa shape index (κ3) is 7.11. The van der Waals surface area contributed by atoms with Crippen molar-refractivity contribution < 1.29 is 18.0 Å². The highest BCUT2D eigenvalue weighted by molar-refractivity contribution is 5.90. The van der Waals surface area contributed by atoms with E-state index >= 15 is 0 Å². The van der Waals surface area contributed by atoms with Crippen LogP contribution >= 0.6 is 0 Å². The van der Waals surface area contributed by atoms with Gasteiger partial charge in [0.25, 0.3) is 5.95 Å². The van der Waals surface area contributed by atoms with Crippen LogP contribution in [-0.4, -0.2) is 62.6 Å². The van der Waals surface area contributed by atoms with Crippen molar-refractivity contribution in [3.05, 3.63) is 83.7 Å². The lowest BCUT2D eigenvalue weighted by Crippen LogP contribution is -2.41. The number of fused-ring (bicyclic) bond motifs is 1. The molecular formula is C33H33F3N10O. The SMILES string of the molecule is Cc1c(-c2ccnn2-c2ccc(C#N)cc2)cn2nc(NC(=O)NCCCNC3CCNCC3)nc2c1-c1cccc(C(F)(F)F)c1. The summed E-state index contributed by atoms with van der Waals surface area (Å²) < 4.78 is 44.4. The largest absolute Gasteiger partial charge is 0.416 e. The highest BCUT2D eigenvalue weighted by Gasteiger charge is 2.31. The van der Waals surface area contributed by atoms with Crippen LogP contribution in [0, 0.1) is 18.3 Å². The second-order valence-corrected chi connectivity index (χ2v) is 11.3. The van der Waals surface area contributed by atoms with E-state index in [4.69, 9.17) is 0 Å². The standard InChI is InChI=1S/C33H33F3N10O/c1-21-27(28-12-17-41-46(28)26-8-6-22(19-37)7-9-26)20-45-30(29(21)23-4-2-5-24(18-23)33(34,35)36)42-31(44-45)43-32(47)40-14-3-13-39-25-10-15-38-16-11-25/h2,4-9,12,17-18,20,25,38-39H,3,10-11,13-16H2,1H3,(H2,40,43,44,47). The Morgan fingerprint density at radius 2 is 1.89 bits per heavy atom. The lowest BCUT2D eigenvalue weighted by atomic mass is 9.95. The minimum absolute atomic E-state index is 0.000654. The Morgan fingerprint density at radius 1 is 1.11 bits per heavy atom. The number of benzene rings is 2. The van der Waals surface area contributed by atoms with Gasteiger partial charge in [0.1, 0.15) is 0 Å². The molecule has 1 aliphatic heterocycles. The monoisotopic (exact) mass is 642 g/mol. The van der Waals surface area contributed by atoms with Gasteiger partial charge in [0.05, 0.1) is 34.8 Å². The molecule has 3 aromatic heterocycles. The molecule has 1 fully saturated rings. The maximum Gasteiger partial charge on any atom is 0.416 e. The van der Waals surface area contributed by atoms with E-state index in [1.54, 1.807) is 60.4 Å². The van der Waals surface area contributed by atoms with Crippen LogP contribution in [0.3, 0.4) is 0 Å². The Hall–Kier alpha value is -5.26. The van der Waals surface area contributed by atoms with Gasteiger partial charge in [0.2, 0.25) is 0 Å². The molecule has 0 atom stereocenters. The van der Waals surface area contributed by atoms with Crippen LogP contribution in [0.25, 0.3) is 33.7 Å². The lowest BCUT2D eigenvalue weighted by molar-refractivity contribution is -0.137. The third-order valence-corrected chi connectivity index (χ3v) is 8.16. The molecular weight excluding hydrogens is 609 g/mol. The van der Waals surface area contributed by atoms with Crippen LogP contribution in [0.4, 0.5) is 23.9 Å². The van der Waals surface area contributed by atoms with Gasteiger partial charge < -0.3 is 16.0 Å². The van der Waals surface area contributed by atoms with Gasteiger partial charge in [-0.1, -0.05) is 12.1 Å². The quantitative estimate of drug-likeness (QED) is 0.160. The van der Waals surface area contributed by atoms with Crippen molar-refractivity contribution in [1.82, 2.24) is 40.3 Å². The zero-order valence-corrected chi connectivity index (χ0v) is 25.6. The summed E-state index contributed by atoms with van der Waals surface area (Å²) in [5, 5.41) is 30.5. The van der Waals surface area contributed by atoms with Gasteiger partial charge in [-0.25, -0.2) is 14.0 Å². The minimum atomic E-state index is -4.55. The molecule has 0 aliphatic carbocycles. The predicted octanol–water partition coefficient (Wildman–Crippen LogP) is 5.30. The van der Waals surface area contributed by atoms with Gasteiger partial charge >= 0.3 is 12.2 Å². The molecule has 2 amide bonds. The Balaban J connectivity index is 1.31. The number of hydrogen-bond acceptors (Lipinski definition) is 7. The van der Waals surface area contributed by atoms with Crippen molar-refractivity contribution in [1.29, 1.82) is 5.26 Å². The summed E-state index contributed by atoms with van der Waals surface area (Å²) >= 11 is 0. The number of nitrogens with one attached hydrogen (secondary N) is 4. The normalized spacial score (nSPS) is 13.9. The van der Waals surface area contributed by atoms with Gasteiger partial charge in [-0.2, -0.15) is 28.5 Å². The Morgan fingerprint density at radius 3 is 2.64 bits per heavy atom. The second kappa shape index (κ2) is 13.6. The van der Waals surface area contributed by atoms with Crippen molar-refractivity contribution in [2.75, 3.05) is 31.5 Å². The zero-order chi connectivity index (χ0) is 33.0. The van der Waals surface area contributed by atoms with Crippen LogP contribution in [-0.2, 0) is 6.18 Å². The molecule has 4 N–H and O–H groups in total. The topological polar surface area (TPSA) is 137 Å². The number of rotatable bonds is 9. The maximum atomic E-state index is 13.8. The van der Waals surface area contributed by atoms with Crippen molar-refractivity contribution in [2.45, 2.75) is 38.4 Å². The van der Waals surface area contributed by atoms with Gasteiger partial charge in [-0.05, 0) is 99.4 Å². The molecule has 1 aliphatic rings. The first-order valence-electron chi connectivity index (χ1n) is 15.3. The summed E-state index contributed by atoms with van der Waals surface area (Å²) in [7, 11) is 0. The highest BCUT2D eigenvalue weighted by Crippen LogP contribution is 2.38. The summed E-state index contributed by atoms with van der Waals surface area (Å²) in [4.78, 5) is 17.3. The first-order valence-corrected chi connectivity index (χ1v) is 15.3. The molecule has 47 heavy (non-hydrogen) atoms. The second-order valence-electron chi connectivity index (χ2n) is 11.3. The number of carbonyl (C=O) groups is 1. The molecule has 0 spiro atoms. The number of anilines is 1. The summed E-state index contributed by atoms with van der Waals surface area (Å²) in [5.41, 5.74) is 3.28. The van der Waals surface area contributed by atoms with E-state index in [-0.39, 0.29) is 11.6 Å². The fourth-order valence-corrected chi connectivity index (χ4v) is 5.77. The third-order valence-electron chi connectivity index (χ3n) is 8.16. The molecule has 242 valence electrons. The molecule has 4 heterocycles. The summed E-state index contributed by atoms with van der Waals surface area (Å²) in [5.74, 6) is 0.000654. The van der Waals surface area contributed by atoms with Gasteiger partial charge in [0, 0.05) is 29.9 Å². The number of pyridine rings is 1. The van der Waals surface area contributed by atoms with Crippen LogP contribution in [0.5, 0.6) is 0 Å². The molecule has 11 nitrogen and oxygen atoms in total. The number of nitriles is 1. The molecule has 5 aromatic rings. The van der Waals surface area contributed by atoms with Crippen LogP contribution in [0.15, 0.2) is 67.0 Å². The number of halogens is 3. The highest BCUT2D eigenvalue weighted by atomic mass is 19.4. The average molecular weight is 643 g/mol. The Kier molecular flexibility index (Phi) is 9.19. The molecule has 0 saturated carbocycles. The summed E-state index contributed by atoms with van der Waals surface area (Å²) in [6.45, 7) is 5.02. The van der Waals surface area contributed by atoms with Crippen LogP contribution in [0.2, 0.25) is 0 Å². The predicted molar refractivity (Wildman–Crippen MR) is 171 cm³/mol. The molecule has 14 heteroatoms. The number of urea groups is 1. The van der Waals surface area contributed by atoms with Crippen LogP contribution in [0.1, 0.15) is 36.0 Å². The number of amides is 2. The van der Waals surface area contributed by atoms with E-state index in [1.165, 1.54) is 10.6 Å². The van der Waals surface area contributed by atoms with E-state index in [0.717, 1.165) is 51.0 Å². The minimum Gasteiger partial charge on any atom is -0.338 e. The van der Waals surface area contributed by atoms with Crippen LogP contribution < -0.4 is 21.3 Å². The van der Waals surface area contributed by atoms with Crippen molar-refractivity contribution >= 4 is 17.6 Å². The molecule has 6 rings (SSSR count). The first kappa shape index (κ1) is 31.7. The van der Waals surface area contributed by atoms with E-state index < -0.39 is 17.8 Å². The molecule has 0 radical (unpaired) electrons. The lowest BCUT2D eigenvalue weighted by Gasteiger charge is -2.23. The average Bonchev–Trinajstić information content (AvgIpc) is 3.71. The van der Waals surface area contributed by atoms with Gasteiger partial charge in [-0.15, -0.1) is 5.10 Å². The molecule has 0 unspecified atom stereocenters. The van der Waals surface area contributed by atoms with Gasteiger partial charge in [0.15, 0.2) is 5.65 Å². The summed E-state index contributed by atoms with van der Waals surface area (Å²) in [6.07, 6.45) is 1.67. The zero-order valence-electron chi connectivity index (χ0n) is 25.6. The molecule has 1 saturated heterocycles. The van der Waals surface area contributed by atoms with E-state index in [0.29, 0.717) is 51.8 Å². The molecule has 2 aromatic carbocycles. The molecule has 0 bridgehead atoms. The smallest absolute Gasteiger partial charge is 0.338 e. The van der Waals surface area contributed by atoms with E-state index in [2.05, 4.69) is 42.5 Å². The number of alkyl halides is 3. The van der Waals surface area contributed by atoms with E-state index in [9.17, 15) is 23.2 Å². The van der Waals surface area contributed by atoms with Crippen molar-refractivity contribution in [3.8, 4) is 34.1 Å². The Labute approximate surface area is 268 Å². The number of hydrogen-bond donors (Lipinski definition) is 4. The van der Waals surface area contributed by atoms with Crippen molar-refractivity contribution in [3.63, 3.8) is 0 Å². The maximum absolute atomic E-state index is 13.8. The Bertz CT molecular complexity index is 1920. The first-order chi connectivity index (χ1) is 22.7. The number of nitrogens with zero attached hydrogens (tertiary/aromatic N) is 6. The number of piperidine rings is 1. The number of aromatic nitrogens is 5. The fourth-order valence-electron chi connectivity index (χ4n) is 5.77. The van der Waals surface area contributed by atoms with E-state index in [1.807, 2.05) is 0 Å². The number of carbonyl (C=O) groups excluding carboxylic acids is 1. The fraction of sp³-hybridized carbons (Fsp3) is 0.303. The van der Waals surface area contributed by atoms with Crippen molar-refractivity contribution in [2.24, 2.45) is 0 Å².